The molecule has 1 aliphatic heterocycles. The van der Waals surface area contributed by atoms with E-state index in [4.69, 9.17) is 4.74 Å². The second-order valence-electron chi connectivity index (χ2n) is 6.10. The second kappa shape index (κ2) is 7.41. The van der Waals surface area contributed by atoms with Crippen molar-refractivity contribution in [3.8, 4) is 0 Å². The fraction of sp³-hybridized carbons (Fsp3) is 0.200. The summed E-state index contributed by atoms with van der Waals surface area (Å²) >= 11 is 3.42. The van der Waals surface area contributed by atoms with Crippen LogP contribution in [0.3, 0.4) is 0 Å². The lowest BCUT2D eigenvalue weighted by molar-refractivity contribution is -0.137. The Kier molecular flexibility index (Phi) is 5.23. The summed E-state index contributed by atoms with van der Waals surface area (Å²) in [6.07, 6.45) is 1.59. The van der Waals surface area contributed by atoms with Gasteiger partial charge in [-0.05, 0) is 47.9 Å². The molecule has 4 nitrogen and oxygen atoms in total. The Balaban J connectivity index is 2.04. The van der Waals surface area contributed by atoms with E-state index in [-0.39, 0.29) is 24.7 Å². The van der Waals surface area contributed by atoms with E-state index in [1.54, 1.807) is 30.0 Å². The Bertz CT molecular complexity index is 923. The summed E-state index contributed by atoms with van der Waals surface area (Å²) in [5.74, 6) is -1.09. The molecule has 0 atom stereocenters. The first kappa shape index (κ1) is 18.3. The van der Waals surface area contributed by atoms with Gasteiger partial charge in [0.05, 0.1) is 25.8 Å². The van der Waals surface area contributed by atoms with E-state index in [0.717, 1.165) is 10.0 Å². The largest absolute Gasteiger partial charge is 0.466 e. The number of halogens is 2. The molecular weight excluding hydrogens is 401 g/mol. The van der Waals surface area contributed by atoms with Gasteiger partial charge in [-0.1, -0.05) is 34.1 Å². The van der Waals surface area contributed by atoms with Crippen LogP contribution in [0.4, 0.5) is 10.1 Å². The highest BCUT2D eigenvalue weighted by Crippen LogP contribution is 2.33. The summed E-state index contributed by atoms with van der Waals surface area (Å²) in [5, 5.41) is 0. The number of carbonyl (C=O) groups excluding carboxylic acids is 2. The molecule has 3 rings (SSSR count). The molecule has 1 amide bonds. The molecule has 0 saturated heterocycles. The fourth-order valence-electron chi connectivity index (χ4n) is 2.86. The molecule has 2 aromatic carbocycles. The van der Waals surface area contributed by atoms with E-state index < -0.39 is 5.97 Å². The SMILES string of the molecule is COC(=O)C1=Cc2ccc(Br)cc2N(Cc2ccc(C)c(F)c2)C(=O)C1. The number of hydrogen-bond acceptors (Lipinski definition) is 3. The molecule has 134 valence electrons. The van der Waals surface area contributed by atoms with Crippen LogP contribution in [0.1, 0.15) is 23.1 Å². The zero-order valence-electron chi connectivity index (χ0n) is 14.4. The number of fused-ring (bicyclic) bond motifs is 1. The van der Waals surface area contributed by atoms with Crippen LogP contribution in [-0.2, 0) is 20.9 Å². The summed E-state index contributed by atoms with van der Waals surface area (Å²) in [4.78, 5) is 26.4. The Labute approximate surface area is 159 Å². The van der Waals surface area contributed by atoms with E-state index in [1.165, 1.54) is 13.2 Å². The van der Waals surface area contributed by atoms with Crippen molar-refractivity contribution in [3.05, 3.63) is 69.0 Å². The van der Waals surface area contributed by atoms with Crippen molar-refractivity contribution >= 4 is 39.6 Å². The number of ether oxygens (including phenoxy) is 1. The Hall–Kier alpha value is -2.47. The minimum Gasteiger partial charge on any atom is -0.466 e. The molecule has 6 heteroatoms. The molecule has 0 spiro atoms. The number of carbonyl (C=O) groups is 2. The highest BCUT2D eigenvalue weighted by Gasteiger charge is 2.26. The molecule has 0 saturated carbocycles. The number of rotatable bonds is 3. The normalized spacial score (nSPS) is 13.8. The molecule has 0 aromatic heterocycles. The first-order chi connectivity index (χ1) is 12.4. The van der Waals surface area contributed by atoms with Crippen LogP contribution in [-0.4, -0.2) is 19.0 Å². The van der Waals surface area contributed by atoms with E-state index in [0.29, 0.717) is 22.4 Å². The van der Waals surface area contributed by atoms with Gasteiger partial charge in [-0.25, -0.2) is 9.18 Å². The van der Waals surface area contributed by atoms with Crippen molar-refractivity contribution in [1.29, 1.82) is 0 Å². The van der Waals surface area contributed by atoms with Gasteiger partial charge < -0.3 is 9.64 Å². The highest BCUT2D eigenvalue weighted by atomic mass is 79.9. The van der Waals surface area contributed by atoms with E-state index >= 15 is 0 Å². The van der Waals surface area contributed by atoms with Gasteiger partial charge in [0.15, 0.2) is 0 Å². The lowest BCUT2D eigenvalue weighted by atomic mass is 10.1. The summed E-state index contributed by atoms with van der Waals surface area (Å²) in [6, 6.07) is 10.4. The van der Waals surface area contributed by atoms with Gasteiger partial charge in [0.1, 0.15) is 5.82 Å². The van der Waals surface area contributed by atoms with Crippen molar-refractivity contribution in [3.63, 3.8) is 0 Å². The summed E-state index contributed by atoms with van der Waals surface area (Å²) < 4.78 is 19.5. The predicted molar refractivity (Wildman–Crippen MR) is 101 cm³/mol. The molecule has 0 aliphatic carbocycles. The number of methoxy groups -OCH3 is 1. The van der Waals surface area contributed by atoms with Crippen molar-refractivity contribution in [2.24, 2.45) is 0 Å². The maximum Gasteiger partial charge on any atom is 0.334 e. The molecule has 2 aromatic rings. The summed E-state index contributed by atoms with van der Waals surface area (Å²) in [7, 11) is 1.29. The zero-order chi connectivity index (χ0) is 18.8. The van der Waals surface area contributed by atoms with E-state index in [2.05, 4.69) is 15.9 Å². The molecule has 1 heterocycles. The van der Waals surface area contributed by atoms with Gasteiger partial charge in [-0.2, -0.15) is 0 Å². The molecule has 0 radical (unpaired) electrons. The lowest BCUT2D eigenvalue weighted by Gasteiger charge is -2.23. The maximum absolute atomic E-state index is 13.9. The molecule has 0 fully saturated rings. The lowest BCUT2D eigenvalue weighted by Crippen LogP contribution is -2.30. The summed E-state index contributed by atoms with van der Waals surface area (Å²) in [6.45, 7) is 1.90. The fourth-order valence-corrected chi connectivity index (χ4v) is 3.21. The Morgan fingerprint density at radius 1 is 1.27 bits per heavy atom. The third-order valence-corrected chi connectivity index (χ3v) is 4.77. The molecule has 0 unspecified atom stereocenters. The van der Waals surface area contributed by atoms with Crippen molar-refractivity contribution < 1.29 is 18.7 Å². The quantitative estimate of drug-likeness (QED) is 0.695. The number of esters is 1. The minimum atomic E-state index is -0.532. The maximum atomic E-state index is 13.9. The number of hydrogen-bond donors (Lipinski definition) is 0. The van der Waals surface area contributed by atoms with Gasteiger partial charge in [-0.15, -0.1) is 0 Å². The Morgan fingerprint density at radius 2 is 2.04 bits per heavy atom. The first-order valence-corrected chi connectivity index (χ1v) is 8.82. The minimum absolute atomic E-state index is 0.0761. The van der Waals surface area contributed by atoms with Gasteiger partial charge in [-0.3, -0.25) is 4.79 Å². The predicted octanol–water partition coefficient (Wildman–Crippen LogP) is 4.39. The average Bonchev–Trinajstić information content (AvgIpc) is 2.74. The monoisotopic (exact) mass is 417 g/mol. The smallest absolute Gasteiger partial charge is 0.334 e. The highest BCUT2D eigenvalue weighted by molar-refractivity contribution is 9.10. The van der Waals surface area contributed by atoms with Crippen LogP contribution in [0.25, 0.3) is 6.08 Å². The van der Waals surface area contributed by atoms with Crippen molar-refractivity contribution in [2.75, 3.05) is 12.0 Å². The third-order valence-electron chi connectivity index (χ3n) is 4.28. The van der Waals surface area contributed by atoms with Crippen LogP contribution >= 0.6 is 15.9 Å². The van der Waals surface area contributed by atoms with Gasteiger partial charge in [0.25, 0.3) is 0 Å². The number of amides is 1. The second-order valence-corrected chi connectivity index (χ2v) is 7.02. The third kappa shape index (κ3) is 3.70. The van der Waals surface area contributed by atoms with E-state index in [9.17, 15) is 14.0 Å². The van der Waals surface area contributed by atoms with Gasteiger partial charge >= 0.3 is 5.97 Å². The molecule has 0 N–H and O–H groups in total. The van der Waals surface area contributed by atoms with Crippen LogP contribution in [0, 0.1) is 12.7 Å². The average molecular weight is 418 g/mol. The Morgan fingerprint density at radius 3 is 2.73 bits per heavy atom. The summed E-state index contributed by atoms with van der Waals surface area (Å²) in [5.41, 5.74) is 2.90. The molecular formula is C20H17BrFNO3. The number of benzene rings is 2. The first-order valence-electron chi connectivity index (χ1n) is 8.03. The van der Waals surface area contributed by atoms with Crippen LogP contribution < -0.4 is 4.90 Å². The van der Waals surface area contributed by atoms with Crippen LogP contribution in [0.5, 0.6) is 0 Å². The molecule has 0 bridgehead atoms. The van der Waals surface area contributed by atoms with E-state index in [1.807, 2.05) is 18.2 Å². The number of aryl methyl sites for hydroxylation is 1. The van der Waals surface area contributed by atoms with Gasteiger partial charge in [0.2, 0.25) is 5.91 Å². The van der Waals surface area contributed by atoms with Crippen LogP contribution in [0.15, 0.2) is 46.4 Å². The molecule has 1 aliphatic rings. The van der Waals surface area contributed by atoms with Crippen molar-refractivity contribution in [1.82, 2.24) is 0 Å². The number of nitrogens with zero attached hydrogens (tertiary/aromatic N) is 1. The van der Waals surface area contributed by atoms with Gasteiger partial charge in [0, 0.05) is 10.0 Å². The zero-order valence-corrected chi connectivity index (χ0v) is 16.0. The standard InChI is InChI=1S/C20H17BrFNO3/c1-12-3-4-13(7-17(12)22)11-23-18-10-16(21)6-5-14(18)8-15(9-19(23)24)20(25)26-2/h3-8,10H,9,11H2,1-2H3. The van der Waals surface area contributed by atoms with Crippen LogP contribution in [0.2, 0.25) is 0 Å². The number of anilines is 1. The topological polar surface area (TPSA) is 46.6 Å². The van der Waals surface area contributed by atoms with Crippen molar-refractivity contribution in [2.45, 2.75) is 19.9 Å². The molecule has 26 heavy (non-hydrogen) atoms.